The first-order chi connectivity index (χ1) is 11.5. The summed E-state index contributed by atoms with van der Waals surface area (Å²) in [7, 11) is -3.26. The zero-order valence-corrected chi connectivity index (χ0v) is 14.4. The number of sulfone groups is 1. The number of hydrogen-bond donors (Lipinski definition) is 1. The quantitative estimate of drug-likeness (QED) is 0.902. The zero-order valence-electron chi connectivity index (χ0n) is 13.6. The van der Waals surface area contributed by atoms with E-state index in [1.54, 1.807) is 54.3 Å². The predicted octanol–water partition coefficient (Wildman–Crippen LogP) is 2.80. The molecule has 2 aromatic rings. The molecule has 1 heterocycles. The fourth-order valence-electron chi connectivity index (χ4n) is 3.00. The highest BCUT2D eigenvalue weighted by molar-refractivity contribution is 7.92. The molecule has 1 fully saturated rings. The molecule has 0 radical (unpaired) electrons. The fraction of sp³-hybridized carbons (Fsp3) is 0.412. The predicted molar refractivity (Wildman–Crippen MR) is 91.5 cm³/mol. The van der Waals surface area contributed by atoms with Crippen molar-refractivity contribution in [3.63, 3.8) is 0 Å². The van der Waals surface area contributed by atoms with Gasteiger partial charge in [0, 0.05) is 18.1 Å². The van der Waals surface area contributed by atoms with Gasteiger partial charge in [0.05, 0.1) is 10.1 Å². The minimum Gasteiger partial charge on any atom is -0.324 e. The lowest BCUT2D eigenvalue weighted by molar-refractivity contribution is -0.119. The summed E-state index contributed by atoms with van der Waals surface area (Å²) in [5.74, 6) is -0.204. The van der Waals surface area contributed by atoms with Crippen LogP contribution < -0.4 is 5.32 Å². The molecule has 0 bridgehead atoms. The van der Waals surface area contributed by atoms with Crippen molar-refractivity contribution in [2.24, 2.45) is 0 Å². The summed E-state index contributed by atoms with van der Waals surface area (Å²) in [5.41, 5.74) is 0.573. The molecule has 128 valence electrons. The second-order valence-corrected chi connectivity index (χ2v) is 8.36. The Hall–Kier alpha value is -2.15. The number of carbonyl (C=O) groups is 1. The van der Waals surface area contributed by atoms with Crippen LogP contribution in [-0.2, 0) is 14.6 Å². The van der Waals surface area contributed by atoms with Crippen LogP contribution in [0.5, 0.6) is 0 Å². The molecule has 24 heavy (non-hydrogen) atoms. The number of nitrogens with one attached hydrogen (secondary N) is 1. The number of aromatic nitrogens is 2. The van der Waals surface area contributed by atoms with E-state index in [9.17, 15) is 13.2 Å². The molecule has 1 aliphatic rings. The summed E-state index contributed by atoms with van der Waals surface area (Å²) in [6.45, 7) is 1.75. The lowest BCUT2D eigenvalue weighted by atomic mass is 10.2. The van der Waals surface area contributed by atoms with Crippen molar-refractivity contribution in [3.8, 4) is 0 Å². The summed E-state index contributed by atoms with van der Waals surface area (Å²) in [6, 6.07) is 7.73. The van der Waals surface area contributed by atoms with E-state index in [2.05, 4.69) is 10.4 Å². The highest BCUT2D eigenvalue weighted by Gasteiger charge is 2.30. The fourth-order valence-corrected chi connectivity index (χ4v) is 4.85. The smallest absolute Gasteiger partial charge is 0.248 e. The van der Waals surface area contributed by atoms with Gasteiger partial charge in [-0.2, -0.15) is 5.10 Å². The number of anilines is 1. The summed E-state index contributed by atoms with van der Waals surface area (Å²) in [6.07, 6.45) is 6.77. The molecule has 1 saturated carbocycles. The van der Waals surface area contributed by atoms with Gasteiger partial charge in [-0.05, 0) is 50.1 Å². The molecule has 7 heteroatoms. The molecule has 0 saturated heterocycles. The molecule has 1 aliphatic carbocycles. The van der Waals surface area contributed by atoms with Crippen LogP contribution in [0.4, 0.5) is 5.69 Å². The molecule has 3 rings (SSSR count). The molecule has 1 N–H and O–H groups in total. The summed E-state index contributed by atoms with van der Waals surface area (Å²) >= 11 is 0. The maximum atomic E-state index is 12.5. The van der Waals surface area contributed by atoms with Crippen molar-refractivity contribution in [2.45, 2.75) is 48.8 Å². The molecule has 1 unspecified atom stereocenters. The number of benzene rings is 1. The molecule has 0 aliphatic heterocycles. The number of carbonyl (C=O) groups excluding carboxylic acids is 1. The van der Waals surface area contributed by atoms with Crippen molar-refractivity contribution >= 4 is 21.4 Å². The van der Waals surface area contributed by atoms with Gasteiger partial charge in [-0.15, -0.1) is 0 Å². The van der Waals surface area contributed by atoms with Gasteiger partial charge in [-0.25, -0.2) is 8.42 Å². The summed E-state index contributed by atoms with van der Waals surface area (Å²) in [5, 5.41) is 6.56. The molecule has 1 aromatic carbocycles. The van der Waals surface area contributed by atoms with Gasteiger partial charge in [-0.1, -0.05) is 12.8 Å². The lowest BCUT2D eigenvalue weighted by Gasteiger charge is -2.14. The Morgan fingerprint density at radius 1 is 1.25 bits per heavy atom. The Morgan fingerprint density at radius 2 is 1.92 bits per heavy atom. The molecular formula is C17H21N3O3S. The molecule has 0 spiro atoms. The second kappa shape index (κ2) is 6.76. The van der Waals surface area contributed by atoms with E-state index in [0.29, 0.717) is 10.6 Å². The number of rotatable bonds is 5. The SMILES string of the molecule is CC(C(=O)Nc1ccc(S(=O)(=O)C2CCCC2)cc1)n1cccn1. The standard InChI is InChI=1S/C17H21N3O3S/c1-13(20-12-4-11-18-20)17(21)19-14-7-9-16(10-8-14)24(22,23)15-5-2-3-6-15/h4,7-13,15H,2-3,5-6H2,1H3,(H,19,21). The summed E-state index contributed by atoms with van der Waals surface area (Å²) in [4.78, 5) is 12.5. The zero-order chi connectivity index (χ0) is 17.2. The summed E-state index contributed by atoms with van der Waals surface area (Å²) < 4.78 is 26.6. The first kappa shape index (κ1) is 16.7. The van der Waals surface area contributed by atoms with Gasteiger partial charge in [0.15, 0.2) is 9.84 Å². The van der Waals surface area contributed by atoms with Crippen molar-refractivity contribution in [3.05, 3.63) is 42.7 Å². The van der Waals surface area contributed by atoms with Gasteiger partial charge >= 0.3 is 0 Å². The third-order valence-corrected chi connectivity index (χ3v) is 6.77. The number of amides is 1. The van der Waals surface area contributed by atoms with Gasteiger partial charge in [0.2, 0.25) is 5.91 Å². The lowest BCUT2D eigenvalue weighted by Crippen LogP contribution is -2.24. The van der Waals surface area contributed by atoms with E-state index < -0.39 is 15.9 Å². The van der Waals surface area contributed by atoms with E-state index in [4.69, 9.17) is 0 Å². The van der Waals surface area contributed by atoms with Crippen LogP contribution in [-0.4, -0.2) is 29.4 Å². The van der Waals surface area contributed by atoms with Crippen molar-refractivity contribution in [1.29, 1.82) is 0 Å². The van der Waals surface area contributed by atoms with Crippen LogP contribution in [0.25, 0.3) is 0 Å². The van der Waals surface area contributed by atoms with Crippen LogP contribution in [0.1, 0.15) is 38.6 Å². The first-order valence-electron chi connectivity index (χ1n) is 8.12. The molecule has 1 amide bonds. The van der Waals surface area contributed by atoms with Crippen LogP contribution in [0.15, 0.2) is 47.6 Å². The average molecular weight is 347 g/mol. The minimum absolute atomic E-state index is 0.204. The van der Waals surface area contributed by atoms with Crippen LogP contribution in [0.3, 0.4) is 0 Å². The molecular weight excluding hydrogens is 326 g/mol. The van der Waals surface area contributed by atoms with E-state index in [0.717, 1.165) is 25.7 Å². The normalized spacial score (nSPS) is 16.9. The van der Waals surface area contributed by atoms with Gasteiger partial charge < -0.3 is 5.32 Å². The monoisotopic (exact) mass is 347 g/mol. The topological polar surface area (TPSA) is 81.1 Å². The molecule has 6 nitrogen and oxygen atoms in total. The van der Waals surface area contributed by atoms with E-state index in [1.165, 1.54) is 0 Å². The molecule has 1 atom stereocenters. The third-order valence-electron chi connectivity index (χ3n) is 4.49. The number of hydrogen-bond acceptors (Lipinski definition) is 4. The third kappa shape index (κ3) is 3.36. The Balaban J connectivity index is 1.69. The van der Waals surface area contributed by atoms with Gasteiger partial charge in [0.1, 0.15) is 6.04 Å². The maximum absolute atomic E-state index is 12.5. The average Bonchev–Trinajstić information content (AvgIpc) is 3.28. The van der Waals surface area contributed by atoms with Crippen molar-refractivity contribution in [1.82, 2.24) is 9.78 Å². The van der Waals surface area contributed by atoms with Crippen LogP contribution in [0, 0.1) is 0 Å². The Kier molecular flexibility index (Phi) is 4.71. The second-order valence-electron chi connectivity index (χ2n) is 6.13. The number of nitrogens with zero attached hydrogens (tertiary/aromatic N) is 2. The molecule has 1 aromatic heterocycles. The maximum Gasteiger partial charge on any atom is 0.248 e. The van der Waals surface area contributed by atoms with E-state index in [-0.39, 0.29) is 11.2 Å². The Bertz CT molecular complexity index is 792. The minimum atomic E-state index is -3.26. The van der Waals surface area contributed by atoms with E-state index in [1.807, 2.05) is 0 Å². The Morgan fingerprint density at radius 3 is 2.50 bits per heavy atom. The Labute approximate surface area is 141 Å². The van der Waals surface area contributed by atoms with E-state index >= 15 is 0 Å². The van der Waals surface area contributed by atoms with Crippen molar-refractivity contribution < 1.29 is 13.2 Å². The first-order valence-corrected chi connectivity index (χ1v) is 9.67. The largest absolute Gasteiger partial charge is 0.324 e. The van der Waals surface area contributed by atoms with Gasteiger partial charge in [0.25, 0.3) is 0 Å². The van der Waals surface area contributed by atoms with Crippen LogP contribution >= 0.6 is 0 Å². The van der Waals surface area contributed by atoms with Crippen molar-refractivity contribution in [2.75, 3.05) is 5.32 Å². The van der Waals surface area contributed by atoms with Crippen LogP contribution in [0.2, 0.25) is 0 Å². The highest BCUT2D eigenvalue weighted by atomic mass is 32.2. The highest BCUT2D eigenvalue weighted by Crippen LogP contribution is 2.30. The van der Waals surface area contributed by atoms with Gasteiger partial charge in [-0.3, -0.25) is 9.48 Å².